The van der Waals surface area contributed by atoms with Crippen molar-refractivity contribution in [2.45, 2.75) is 44.7 Å². The Morgan fingerprint density at radius 3 is 2.95 bits per heavy atom. The molecular weight excluding hydrogens is 252 g/mol. The highest BCUT2D eigenvalue weighted by Crippen LogP contribution is 2.33. The van der Waals surface area contributed by atoms with E-state index in [0.29, 0.717) is 6.42 Å². The number of nitrogens with one attached hydrogen (secondary N) is 2. The molecule has 3 N–H and O–H groups in total. The third-order valence-corrected chi connectivity index (χ3v) is 4.15. The third-order valence-electron chi connectivity index (χ3n) is 4.15. The molecule has 0 fully saturated rings. The smallest absolute Gasteiger partial charge is 0.321 e. The number of carbonyl (C=O) groups is 1. The average Bonchev–Trinajstić information content (AvgIpc) is 2.83. The molecule has 0 bridgehead atoms. The summed E-state index contributed by atoms with van der Waals surface area (Å²) < 4.78 is 0. The Bertz CT molecular complexity index is 632. The molecule has 1 aromatic heterocycles. The number of aliphatic carboxylic acids is 1. The van der Waals surface area contributed by atoms with Gasteiger partial charge >= 0.3 is 5.97 Å². The van der Waals surface area contributed by atoms with Gasteiger partial charge in [-0.25, -0.2) is 0 Å². The molecular formula is C16H20N2O2. The monoisotopic (exact) mass is 272 g/mol. The summed E-state index contributed by atoms with van der Waals surface area (Å²) in [4.78, 5) is 14.8. The standard InChI is InChI=1S/C16H20N2O2/c1-2-3-7-13-15-11(9-14(17-13)16(19)20)10-6-4-5-8-12(10)18-15/h4-6,8,13-14,17-18H,2-3,7,9H2,1H3,(H,19,20)/t13?,14-/m0/s1. The molecule has 1 unspecified atom stereocenters. The Morgan fingerprint density at radius 2 is 2.20 bits per heavy atom. The lowest BCUT2D eigenvalue weighted by atomic mass is 9.91. The molecule has 1 aromatic carbocycles. The summed E-state index contributed by atoms with van der Waals surface area (Å²) in [5.41, 5.74) is 3.46. The second kappa shape index (κ2) is 5.29. The van der Waals surface area contributed by atoms with Crippen LogP contribution in [0.15, 0.2) is 24.3 Å². The summed E-state index contributed by atoms with van der Waals surface area (Å²) in [6.07, 6.45) is 3.74. The first-order valence-corrected chi connectivity index (χ1v) is 7.29. The van der Waals surface area contributed by atoms with Gasteiger partial charge in [-0.15, -0.1) is 0 Å². The van der Waals surface area contributed by atoms with E-state index in [-0.39, 0.29) is 6.04 Å². The molecule has 2 aromatic rings. The van der Waals surface area contributed by atoms with Gasteiger partial charge in [0.25, 0.3) is 0 Å². The average molecular weight is 272 g/mol. The number of aromatic nitrogens is 1. The zero-order chi connectivity index (χ0) is 14.1. The van der Waals surface area contributed by atoms with E-state index in [4.69, 9.17) is 0 Å². The molecule has 3 rings (SSSR count). The number of H-pyrrole nitrogens is 1. The molecule has 0 radical (unpaired) electrons. The molecule has 2 heterocycles. The first-order valence-electron chi connectivity index (χ1n) is 7.29. The lowest BCUT2D eigenvalue weighted by Crippen LogP contribution is -2.44. The van der Waals surface area contributed by atoms with Crippen molar-refractivity contribution in [1.29, 1.82) is 0 Å². The predicted octanol–water partition coefficient (Wildman–Crippen LogP) is 3.00. The number of hydrogen-bond donors (Lipinski definition) is 3. The van der Waals surface area contributed by atoms with Crippen LogP contribution in [-0.2, 0) is 11.2 Å². The van der Waals surface area contributed by atoms with E-state index in [9.17, 15) is 9.90 Å². The van der Waals surface area contributed by atoms with Crippen molar-refractivity contribution in [1.82, 2.24) is 10.3 Å². The van der Waals surface area contributed by atoms with E-state index >= 15 is 0 Å². The summed E-state index contributed by atoms with van der Waals surface area (Å²) in [5, 5.41) is 13.8. The molecule has 4 heteroatoms. The van der Waals surface area contributed by atoms with Crippen LogP contribution in [0.1, 0.15) is 43.5 Å². The number of carboxylic acid groups (broad SMARTS) is 1. The van der Waals surface area contributed by atoms with Crippen LogP contribution in [-0.4, -0.2) is 22.1 Å². The maximum Gasteiger partial charge on any atom is 0.321 e. The molecule has 0 aliphatic carbocycles. The lowest BCUT2D eigenvalue weighted by Gasteiger charge is -2.29. The van der Waals surface area contributed by atoms with Crippen LogP contribution in [0, 0.1) is 0 Å². The lowest BCUT2D eigenvalue weighted by molar-refractivity contribution is -0.139. The van der Waals surface area contributed by atoms with Crippen molar-refractivity contribution < 1.29 is 9.90 Å². The van der Waals surface area contributed by atoms with Gasteiger partial charge in [-0.3, -0.25) is 10.1 Å². The van der Waals surface area contributed by atoms with Gasteiger partial charge in [0.15, 0.2) is 0 Å². The van der Waals surface area contributed by atoms with Gasteiger partial charge in [-0.05, 0) is 18.1 Å². The number of carboxylic acids is 1. The molecule has 106 valence electrons. The number of hydrogen-bond acceptors (Lipinski definition) is 2. The third kappa shape index (κ3) is 2.20. The van der Waals surface area contributed by atoms with Gasteiger partial charge in [-0.2, -0.15) is 0 Å². The highest BCUT2D eigenvalue weighted by Gasteiger charge is 2.32. The van der Waals surface area contributed by atoms with E-state index in [1.165, 1.54) is 11.3 Å². The van der Waals surface area contributed by atoms with Gasteiger partial charge in [-0.1, -0.05) is 38.0 Å². The highest BCUT2D eigenvalue weighted by molar-refractivity contribution is 5.86. The van der Waals surface area contributed by atoms with Crippen molar-refractivity contribution in [3.63, 3.8) is 0 Å². The van der Waals surface area contributed by atoms with Crippen LogP contribution in [0.3, 0.4) is 0 Å². The number of unbranched alkanes of at least 4 members (excludes halogenated alkanes) is 1. The highest BCUT2D eigenvalue weighted by atomic mass is 16.4. The fraction of sp³-hybridized carbons (Fsp3) is 0.438. The van der Waals surface area contributed by atoms with Crippen molar-refractivity contribution in [3.05, 3.63) is 35.5 Å². The Morgan fingerprint density at radius 1 is 1.40 bits per heavy atom. The summed E-state index contributed by atoms with van der Waals surface area (Å²) in [5.74, 6) is -0.762. The maximum atomic E-state index is 11.4. The SMILES string of the molecule is CCCCC1N[C@H](C(=O)O)Cc2c1[nH]c1ccccc21. The minimum absolute atomic E-state index is 0.118. The second-order valence-corrected chi connectivity index (χ2v) is 5.52. The zero-order valence-electron chi connectivity index (χ0n) is 11.6. The van der Waals surface area contributed by atoms with Crippen molar-refractivity contribution in [3.8, 4) is 0 Å². The molecule has 2 atom stereocenters. The zero-order valence-corrected chi connectivity index (χ0v) is 11.6. The van der Waals surface area contributed by atoms with Crippen LogP contribution in [0.5, 0.6) is 0 Å². The quantitative estimate of drug-likeness (QED) is 0.801. The minimum Gasteiger partial charge on any atom is -0.480 e. The summed E-state index contributed by atoms with van der Waals surface area (Å²) in [7, 11) is 0. The largest absolute Gasteiger partial charge is 0.480 e. The number of fused-ring (bicyclic) bond motifs is 3. The Kier molecular flexibility index (Phi) is 3.49. The van der Waals surface area contributed by atoms with Gasteiger partial charge in [0.1, 0.15) is 6.04 Å². The maximum absolute atomic E-state index is 11.4. The molecule has 0 saturated carbocycles. The molecule has 1 aliphatic rings. The molecule has 0 spiro atoms. The first-order chi connectivity index (χ1) is 9.70. The number of para-hydroxylation sites is 1. The summed E-state index contributed by atoms with van der Waals surface area (Å²) in [6, 6.07) is 7.78. The van der Waals surface area contributed by atoms with Crippen LogP contribution in [0.4, 0.5) is 0 Å². The van der Waals surface area contributed by atoms with E-state index < -0.39 is 12.0 Å². The molecule has 0 amide bonds. The molecule has 20 heavy (non-hydrogen) atoms. The predicted molar refractivity (Wildman–Crippen MR) is 78.8 cm³/mol. The number of aromatic amines is 1. The van der Waals surface area contributed by atoms with Crippen molar-refractivity contribution >= 4 is 16.9 Å². The fourth-order valence-electron chi connectivity index (χ4n) is 3.12. The van der Waals surface area contributed by atoms with E-state index in [2.05, 4.69) is 29.4 Å². The Balaban J connectivity index is 2.04. The number of rotatable bonds is 4. The first kappa shape index (κ1) is 13.2. The summed E-state index contributed by atoms with van der Waals surface area (Å²) in [6.45, 7) is 2.16. The molecule has 0 saturated heterocycles. The normalized spacial score (nSPS) is 21.9. The minimum atomic E-state index is -0.762. The van der Waals surface area contributed by atoms with Crippen LogP contribution in [0.2, 0.25) is 0 Å². The fourth-order valence-corrected chi connectivity index (χ4v) is 3.12. The van der Waals surface area contributed by atoms with Gasteiger partial charge < -0.3 is 10.1 Å². The number of benzene rings is 1. The van der Waals surface area contributed by atoms with Gasteiger partial charge in [0.05, 0.1) is 0 Å². The van der Waals surface area contributed by atoms with Crippen molar-refractivity contribution in [2.24, 2.45) is 0 Å². The van der Waals surface area contributed by atoms with Gasteiger partial charge in [0.2, 0.25) is 0 Å². The van der Waals surface area contributed by atoms with E-state index in [0.717, 1.165) is 30.2 Å². The van der Waals surface area contributed by atoms with E-state index in [1.807, 2.05) is 12.1 Å². The molecule has 1 aliphatic heterocycles. The Hall–Kier alpha value is -1.81. The van der Waals surface area contributed by atoms with Crippen molar-refractivity contribution in [2.75, 3.05) is 0 Å². The summed E-state index contributed by atoms with van der Waals surface area (Å²) >= 11 is 0. The molecule has 4 nitrogen and oxygen atoms in total. The van der Waals surface area contributed by atoms with Crippen LogP contribution in [0.25, 0.3) is 10.9 Å². The van der Waals surface area contributed by atoms with Crippen LogP contribution < -0.4 is 5.32 Å². The van der Waals surface area contributed by atoms with Gasteiger partial charge in [0, 0.05) is 29.1 Å². The van der Waals surface area contributed by atoms with E-state index in [1.54, 1.807) is 0 Å². The topological polar surface area (TPSA) is 65.1 Å². The van der Waals surface area contributed by atoms with Crippen LogP contribution >= 0.6 is 0 Å². The second-order valence-electron chi connectivity index (χ2n) is 5.52. The Labute approximate surface area is 118 Å².